The van der Waals surface area contributed by atoms with Gasteiger partial charge in [-0.2, -0.15) is 0 Å². The Morgan fingerprint density at radius 3 is 2.46 bits per heavy atom. The van der Waals surface area contributed by atoms with Crippen molar-refractivity contribution in [2.75, 3.05) is 31.2 Å². The molecular formula is C29H37NO5. The van der Waals surface area contributed by atoms with Crippen molar-refractivity contribution in [1.82, 2.24) is 0 Å². The Bertz CT molecular complexity index is 1020. The summed E-state index contributed by atoms with van der Waals surface area (Å²) in [6.07, 6.45) is 1.63. The molecule has 6 heteroatoms. The van der Waals surface area contributed by atoms with Gasteiger partial charge in [-0.25, -0.2) is 0 Å². The Kier molecular flexibility index (Phi) is 7.68. The highest BCUT2D eigenvalue weighted by molar-refractivity contribution is 5.71. The third-order valence-corrected chi connectivity index (χ3v) is 6.65. The fourth-order valence-corrected chi connectivity index (χ4v) is 5.03. The summed E-state index contributed by atoms with van der Waals surface area (Å²) in [6, 6.07) is 16.7. The minimum absolute atomic E-state index is 0.0494. The van der Waals surface area contributed by atoms with Gasteiger partial charge in [-0.05, 0) is 63.8 Å². The molecule has 0 amide bonds. The Balaban J connectivity index is 1.49. The number of fused-ring (bicyclic) bond motifs is 1. The van der Waals surface area contributed by atoms with Crippen LogP contribution in [0.15, 0.2) is 48.5 Å². The molecule has 0 bridgehead atoms. The zero-order chi connectivity index (χ0) is 25.0. The van der Waals surface area contributed by atoms with Crippen LogP contribution in [0.25, 0.3) is 0 Å². The summed E-state index contributed by atoms with van der Waals surface area (Å²) in [6.45, 7) is 10.1. The molecule has 2 atom stereocenters. The first-order chi connectivity index (χ1) is 16.7. The zero-order valence-corrected chi connectivity index (χ0v) is 21.3. The summed E-state index contributed by atoms with van der Waals surface area (Å²) in [5.41, 5.74) is 3.06. The summed E-state index contributed by atoms with van der Waals surface area (Å²) in [5, 5.41) is 0. The molecule has 0 radical (unpaired) electrons. The standard InChI is InChI=1S/C29H37NO5/c1-5-33-27(31)15-22-19-34-26-12-11-23(16-25(26)24(22)13-20-9-7-6-8-10-20)30-17-21(18-30)14-28(32)35-29(2,3)4/h6-12,16,21-22,24H,5,13-15,17-19H2,1-4H3. The van der Waals surface area contributed by atoms with Crippen molar-refractivity contribution in [3.8, 4) is 5.75 Å². The van der Waals surface area contributed by atoms with Gasteiger partial charge in [0.05, 0.1) is 26.1 Å². The van der Waals surface area contributed by atoms with Crippen molar-refractivity contribution < 1.29 is 23.8 Å². The van der Waals surface area contributed by atoms with Gasteiger partial charge in [0.15, 0.2) is 0 Å². The topological polar surface area (TPSA) is 65.1 Å². The minimum atomic E-state index is -0.452. The van der Waals surface area contributed by atoms with Gasteiger partial charge in [0.2, 0.25) is 0 Å². The predicted octanol–water partition coefficient (Wildman–Crippen LogP) is 5.14. The molecule has 0 N–H and O–H groups in total. The number of hydrogen-bond donors (Lipinski definition) is 0. The number of rotatable bonds is 8. The third kappa shape index (κ3) is 6.56. The van der Waals surface area contributed by atoms with Gasteiger partial charge in [0.25, 0.3) is 0 Å². The van der Waals surface area contributed by atoms with Crippen LogP contribution in [0.3, 0.4) is 0 Å². The molecule has 2 aliphatic heterocycles. The van der Waals surface area contributed by atoms with Crippen LogP contribution in [0.5, 0.6) is 5.75 Å². The molecule has 35 heavy (non-hydrogen) atoms. The molecule has 4 rings (SSSR count). The lowest BCUT2D eigenvalue weighted by Gasteiger charge is -2.42. The van der Waals surface area contributed by atoms with E-state index in [4.69, 9.17) is 14.2 Å². The van der Waals surface area contributed by atoms with Gasteiger partial charge < -0.3 is 19.1 Å². The predicted molar refractivity (Wildman–Crippen MR) is 136 cm³/mol. The van der Waals surface area contributed by atoms with E-state index in [1.54, 1.807) is 0 Å². The van der Waals surface area contributed by atoms with Crippen molar-refractivity contribution in [2.45, 2.75) is 58.5 Å². The molecule has 188 valence electrons. The van der Waals surface area contributed by atoms with Gasteiger partial charge in [-0.1, -0.05) is 30.3 Å². The first kappa shape index (κ1) is 25.1. The van der Waals surface area contributed by atoms with E-state index in [0.717, 1.165) is 36.5 Å². The number of benzene rings is 2. The number of anilines is 1. The lowest BCUT2D eigenvalue weighted by molar-refractivity contribution is -0.156. The first-order valence-corrected chi connectivity index (χ1v) is 12.6. The molecule has 0 saturated carbocycles. The van der Waals surface area contributed by atoms with Crippen LogP contribution in [0.2, 0.25) is 0 Å². The van der Waals surface area contributed by atoms with Gasteiger partial charge in [0.1, 0.15) is 11.4 Å². The second-order valence-electron chi connectivity index (χ2n) is 10.7. The van der Waals surface area contributed by atoms with Crippen LogP contribution >= 0.6 is 0 Å². The average Bonchev–Trinajstić information content (AvgIpc) is 2.77. The fourth-order valence-electron chi connectivity index (χ4n) is 5.03. The molecule has 0 spiro atoms. The molecule has 0 aromatic heterocycles. The van der Waals surface area contributed by atoms with Crippen molar-refractivity contribution in [3.63, 3.8) is 0 Å². The summed E-state index contributed by atoms with van der Waals surface area (Å²) >= 11 is 0. The summed E-state index contributed by atoms with van der Waals surface area (Å²) in [7, 11) is 0. The van der Waals surface area contributed by atoms with Crippen molar-refractivity contribution in [2.24, 2.45) is 11.8 Å². The van der Waals surface area contributed by atoms with Crippen LogP contribution in [-0.4, -0.2) is 43.8 Å². The number of esters is 2. The number of hydrogen-bond acceptors (Lipinski definition) is 6. The van der Waals surface area contributed by atoms with Crippen LogP contribution in [0.4, 0.5) is 5.69 Å². The highest BCUT2D eigenvalue weighted by Gasteiger charge is 2.35. The first-order valence-electron chi connectivity index (χ1n) is 12.6. The molecule has 2 aromatic rings. The van der Waals surface area contributed by atoms with Crippen LogP contribution in [0, 0.1) is 11.8 Å². The maximum absolute atomic E-state index is 12.3. The third-order valence-electron chi connectivity index (χ3n) is 6.65. The van der Waals surface area contributed by atoms with E-state index in [1.807, 2.05) is 39.8 Å². The maximum atomic E-state index is 12.3. The van der Waals surface area contributed by atoms with Crippen LogP contribution in [-0.2, 0) is 25.5 Å². The largest absolute Gasteiger partial charge is 0.493 e. The van der Waals surface area contributed by atoms with E-state index >= 15 is 0 Å². The Morgan fingerprint density at radius 1 is 1.03 bits per heavy atom. The van der Waals surface area contributed by atoms with E-state index in [-0.39, 0.29) is 23.8 Å². The van der Waals surface area contributed by atoms with Crippen molar-refractivity contribution in [1.29, 1.82) is 0 Å². The van der Waals surface area contributed by atoms with E-state index in [2.05, 4.69) is 41.3 Å². The number of ether oxygens (including phenoxy) is 3. The van der Waals surface area contributed by atoms with E-state index in [9.17, 15) is 9.59 Å². The van der Waals surface area contributed by atoms with Gasteiger partial charge in [-0.15, -0.1) is 0 Å². The number of nitrogens with zero attached hydrogens (tertiary/aromatic N) is 1. The monoisotopic (exact) mass is 479 g/mol. The molecule has 1 fully saturated rings. The van der Waals surface area contributed by atoms with Gasteiger partial charge in [0, 0.05) is 36.2 Å². The fraction of sp³-hybridized carbons (Fsp3) is 0.517. The molecule has 2 unspecified atom stereocenters. The molecular weight excluding hydrogens is 442 g/mol. The van der Waals surface area contributed by atoms with Crippen LogP contribution in [0.1, 0.15) is 57.6 Å². The lowest BCUT2D eigenvalue weighted by Crippen LogP contribution is -2.48. The molecule has 6 nitrogen and oxygen atoms in total. The second-order valence-corrected chi connectivity index (χ2v) is 10.7. The number of carbonyl (C=O) groups excluding carboxylic acids is 2. The van der Waals surface area contributed by atoms with E-state index in [0.29, 0.717) is 32.0 Å². The van der Waals surface area contributed by atoms with Crippen LogP contribution < -0.4 is 9.64 Å². The zero-order valence-electron chi connectivity index (χ0n) is 21.3. The Hall–Kier alpha value is -3.02. The molecule has 2 aliphatic rings. The second kappa shape index (κ2) is 10.7. The lowest BCUT2D eigenvalue weighted by atomic mass is 9.78. The molecule has 2 aromatic carbocycles. The quantitative estimate of drug-likeness (QED) is 0.489. The summed E-state index contributed by atoms with van der Waals surface area (Å²) in [4.78, 5) is 26.8. The highest BCUT2D eigenvalue weighted by Crippen LogP contribution is 2.43. The van der Waals surface area contributed by atoms with Crippen molar-refractivity contribution >= 4 is 17.6 Å². The van der Waals surface area contributed by atoms with Crippen molar-refractivity contribution in [3.05, 3.63) is 59.7 Å². The Morgan fingerprint density at radius 2 is 1.77 bits per heavy atom. The van der Waals surface area contributed by atoms with E-state index < -0.39 is 5.60 Å². The highest BCUT2D eigenvalue weighted by atomic mass is 16.6. The minimum Gasteiger partial charge on any atom is -0.493 e. The smallest absolute Gasteiger partial charge is 0.306 e. The SMILES string of the molecule is CCOC(=O)CC1COc2ccc(N3CC(CC(=O)OC(C)(C)C)C3)cc2C1Cc1ccccc1. The Labute approximate surface area is 208 Å². The van der Waals surface area contributed by atoms with E-state index in [1.165, 1.54) is 5.56 Å². The van der Waals surface area contributed by atoms with Gasteiger partial charge >= 0.3 is 11.9 Å². The summed E-state index contributed by atoms with van der Waals surface area (Å²) in [5.74, 6) is 1.09. The number of carbonyl (C=O) groups is 2. The molecule has 0 aliphatic carbocycles. The van der Waals surface area contributed by atoms with Gasteiger partial charge in [-0.3, -0.25) is 9.59 Å². The molecule has 2 heterocycles. The average molecular weight is 480 g/mol. The molecule has 1 saturated heterocycles. The maximum Gasteiger partial charge on any atom is 0.306 e. The normalized spacial score (nSPS) is 19.8. The summed E-state index contributed by atoms with van der Waals surface area (Å²) < 4.78 is 16.8.